The Balaban J connectivity index is 2.86. The number of carboxylic acid groups (broad SMARTS) is 3. The molecule has 1 saturated heterocycles. The van der Waals surface area contributed by atoms with Crippen molar-refractivity contribution in [3.8, 4) is 0 Å². The Labute approximate surface area is 177 Å². The van der Waals surface area contributed by atoms with E-state index < -0.39 is 24.0 Å². The van der Waals surface area contributed by atoms with Crippen molar-refractivity contribution >= 4 is 17.9 Å². The number of β-amino-alcohol motifs (C(OH)–C–C–N with tert-alkyl or cyclic N) is 1. The first-order valence-corrected chi connectivity index (χ1v) is 10.4. The lowest BCUT2D eigenvalue weighted by atomic mass is 10.2. The van der Waals surface area contributed by atoms with Gasteiger partial charge in [0.2, 0.25) is 0 Å². The fourth-order valence-corrected chi connectivity index (χ4v) is 3.65. The summed E-state index contributed by atoms with van der Waals surface area (Å²) in [7, 11) is 0. The van der Waals surface area contributed by atoms with Crippen LogP contribution in [0.5, 0.6) is 0 Å². The van der Waals surface area contributed by atoms with Gasteiger partial charge in [-0.05, 0) is 26.3 Å². The molecule has 174 valence electrons. The van der Waals surface area contributed by atoms with Gasteiger partial charge < -0.3 is 20.4 Å². The summed E-state index contributed by atoms with van der Waals surface area (Å²) in [5.74, 6) is -2.78. The molecular formula is C19H36N4O7. The molecule has 1 rings (SSSR count). The second-order valence-electron chi connectivity index (χ2n) is 7.87. The van der Waals surface area contributed by atoms with E-state index in [1.807, 2.05) is 4.90 Å². The zero-order valence-corrected chi connectivity index (χ0v) is 17.8. The monoisotopic (exact) mass is 432 g/mol. The smallest absolute Gasteiger partial charge is 0.317 e. The van der Waals surface area contributed by atoms with Crippen molar-refractivity contribution in [1.29, 1.82) is 0 Å². The number of nitrogens with zero attached hydrogens (tertiary/aromatic N) is 4. The van der Waals surface area contributed by atoms with Gasteiger partial charge in [-0.1, -0.05) is 0 Å². The highest BCUT2D eigenvalue weighted by Crippen LogP contribution is 2.04. The van der Waals surface area contributed by atoms with Gasteiger partial charge in [0, 0.05) is 52.4 Å². The van der Waals surface area contributed by atoms with E-state index in [2.05, 4.69) is 4.90 Å². The van der Waals surface area contributed by atoms with Crippen LogP contribution < -0.4 is 0 Å². The second-order valence-corrected chi connectivity index (χ2v) is 7.87. The molecule has 0 aliphatic carbocycles. The Hall–Kier alpha value is -1.79. The van der Waals surface area contributed by atoms with Crippen LogP contribution in [0.1, 0.15) is 19.8 Å². The molecule has 0 saturated carbocycles. The molecule has 0 amide bonds. The van der Waals surface area contributed by atoms with Gasteiger partial charge in [0.05, 0.1) is 25.7 Å². The number of hydrogen-bond donors (Lipinski definition) is 4. The SMILES string of the molecule is CC(O)CN1CCCN(CC(=O)O)CCN(CC(=O)O)CCCN(CC(=O)O)CC1. The number of aliphatic hydroxyl groups excluding tert-OH is 1. The van der Waals surface area contributed by atoms with Crippen LogP contribution in [0.3, 0.4) is 0 Å². The van der Waals surface area contributed by atoms with Crippen molar-refractivity contribution in [2.75, 3.05) is 78.5 Å². The topological polar surface area (TPSA) is 145 Å². The van der Waals surface area contributed by atoms with E-state index in [1.165, 1.54) is 0 Å². The molecule has 1 heterocycles. The largest absolute Gasteiger partial charge is 0.480 e. The second kappa shape index (κ2) is 14.3. The summed E-state index contributed by atoms with van der Waals surface area (Å²) in [6, 6.07) is 0. The van der Waals surface area contributed by atoms with E-state index in [9.17, 15) is 29.7 Å². The Kier molecular flexibility index (Phi) is 12.5. The minimum Gasteiger partial charge on any atom is -0.480 e. The van der Waals surface area contributed by atoms with Gasteiger partial charge in [0.15, 0.2) is 0 Å². The Morgan fingerprint density at radius 2 is 0.933 bits per heavy atom. The summed E-state index contributed by atoms with van der Waals surface area (Å²) in [5, 5.41) is 37.3. The zero-order valence-electron chi connectivity index (χ0n) is 17.8. The number of rotatable bonds is 8. The highest BCUT2D eigenvalue weighted by Gasteiger charge is 2.18. The van der Waals surface area contributed by atoms with Crippen LogP contribution in [-0.4, -0.2) is 143 Å². The summed E-state index contributed by atoms with van der Waals surface area (Å²) in [6.45, 7) is 6.02. The average Bonchev–Trinajstić information content (AvgIpc) is 2.60. The molecule has 0 aromatic heterocycles. The average molecular weight is 433 g/mol. The number of aliphatic carboxylic acids is 3. The van der Waals surface area contributed by atoms with Crippen LogP contribution in [0.25, 0.3) is 0 Å². The lowest BCUT2D eigenvalue weighted by Gasteiger charge is -2.31. The summed E-state index contributed by atoms with van der Waals surface area (Å²) in [5.41, 5.74) is 0. The van der Waals surface area contributed by atoms with Crippen LogP contribution in [-0.2, 0) is 14.4 Å². The molecule has 0 aromatic carbocycles. The van der Waals surface area contributed by atoms with E-state index >= 15 is 0 Å². The number of aliphatic hydroxyl groups is 1. The molecule has 1 unspecified atom stereocenters. The van der Waals surface area contributed by atoms with E-state index in [4.69, 9.17) is 5.11 Å². The number of hydrogen-bond acceptors (Lipinski definition) is 8. The normalized spacial score (nSPS) is 21.0. The first-order chi connectivity index (χ1) is 14.2. The van der Waals surface area contributed by atoms with Crippen LogP contribution >= 0.6 is 0 Å². The Morgan fingerprint density at radius 1 is 0.633 bits per heavy atom. The molecule has 1 atom stereocenters. The number of carboxylic acids is 3. The molecule has 0 bridgehead atoms. The molecule has 11 heteroatoms. The Morgan fingerprint density at radius 3 is 1.23 bits per heavy atom. The zero-order chi connectivity index (χ0) is 22.5. The first kappa shape index (κ1) is 26.2. The first-order valence-electron chi connectivity index (χ1n) is 10.4. The standard InChI is InChI=1S/C19H36N4O7/c1-16(24)12-20-4-2-5-22(14-18(27)28)10-11-23(15-19(29)30)7-3-6-21(9-8-20)13-17(25)26/h16,24H,2-15H2,1H3,(H,25,26)(H,27,28)(H,29,30). The van der Waals surface area contributed by atoms with Gasteiger partial charge in [-0.15, -0.1) is 0 Å². The van der Waals surface area contributed by atoms with E-state index in [-0.39, 0.29) is 19.6 Å². The molecule has 0 radical (unpaired) electrons. The van der Waals surface area contributed by atoms with Crippen molar-refractivity contribution in [1.82, 2.24) is 19.6 Å². The maximum absolute atomic E-state index is 11.2. The minimum absolute atomic E-state index is 0.0894. The molecule has 0 aromatic rings. The van der Waals surface area contributed by atoms with Crippen LogP contribution in [0, 0.1) is 0 Å². The summed E-state index contributed by atoms with van der Waals surface area (Å²) in [4.78, 5) is 41.0. The summed E-state index contributed by atoms with van der Waals surface area (Å²) < 4.78 is 0. The molecule has 4 N–H and O–H groups in total. The highest BCUT2D eigenvalue weighted by atomic mass is 16.4. The van der Waals surface area contributed by atoms with Crippen molar-refractivity contribution in [3.05, 3.63) is 0 Å². The quantitative estimate of drug-likeness (QED) is 0.360. The van der Waals surface area contributed by atoms with Gasteiger partial charge in [-0.3, -0.25) is 34.0 Å². The third-order valence-electron chi connectivity index (χ3n) is 4.96. The third kappa shape index (κ3) is 12.7. The predicted molar refractivity (Wildman–Crippen MR) is 110 cm³/mol. The van der Waals surface area contributed by atoms with Gasteiger partial charge in [0.1, 0.15) is 0 Å². The molecule has 1 aliphatic heterocycles. The third-order valence-corrected chi connectivity index (χ3v) is 4.96. The molecule has 0 spiro atoms. The fourth-order valence-electron chi connectivity index (χ4n) is 3.65. The van der Waals surface area contributed by atoms with E-state index in [1.54, 1.807) is 16.7 Å². The molecule has 11 nitrogen and oxygen atoms in total. The van der Waals surface area contributed by atoms with Gasteiger partial charge in [0.25, 0.3) is 0 Å². The molecule has 1 fully saturated rings. The lowest BCUT2D eigenvalue weighted by molar-refractivity contribution is -0.140. The van der Waals surface area contributed by atoms with Crippen LogP contribution in [0.4, 0.5) is 0 Å². The maximum atomic E-state index is 11.2. The van der Waals surface area contributed by atoms with Crippen LogP contribution in [0.15, 0.2) is 0 Å². The van der Waals surface area contributed by atoms with Gasteiger partial charge in [-0.2, -0.15) is 0 Å². The van der Waals surface area contributed by atoms with Crippen molar-refractivity contribution < 1.29 is 34.8 Å². The van der Waals surface area contributed by atoms with E-state index in [0.717, 1.165) is 0 Å². The maximum Gasteiger partial charge on any atom is 0.317 e. The lowest BCUT2D eigenvalue weighted by Crippen LogP contribution is -2.44. The molecular weight excluding hydrogens is 396 g/mol. The number of carbonyl (C=O) groups is 3. The van der Waals surface area contributed by atoms with Crippen molar-refractivity contribution in [2.45, 2.75) is 25.9 Å². The fraction of sp³-hybridized carbons (Fsp3) is 0.842. The molecule has 30 heavy (non-hydrogen) atoms. The van der Waals surface area contributed by atoms with Crippen LogP contribution in [0.2, 0.25) is 0 Å². The predicted octanol–water partition coefficient (Wildman–Crippen LogP) is -1.38. The van der Waals surface area contributed by atoms with Gasteiger partial charge >= 0.3 is 17.9 Å². The van der Waals surface area contributed by atoms with E-state index in [0.29, 0.717) is 71.7 Å². The highest BCUT2D eigenvalue weighted by molar-refractivity contribution is 5.69. The van der Waals surface area contributed by atoms with Crippen molar-refractivity contribution in [2.24, 2.45) is 0 Å². The summed E-state index contributed by atoms with van der Waals surface area (Å²) >= 11 is 0. The van der Waals surface area contributed by atoms with Crippen molar-refractivity contribution in [3.63, 3.8) is 0 Å². The van der Waals surface area contributed by atoms with Gasteiger partial charge in [-0.25, -0.2) is 0 Å². The minimum atomic E-state index is -0.947. The Bertz CT molecular complexity index is 547. The molecule has 1 aliphatic rings. The summed E-state index contributed by atoms with van der Waals surface area (Å²) in [6.07, 6.45) is 0.782.